The van der Waals surface area contributed by atoms with Crippen LogP contribution in [0.1, 0.15) is 5.56 Å². The van der Waals surface area contributed by atoms with Crippen LogP contribution < -0.4 is 5.32 Å². The molecule has 0 fully saturated rings. The first kappa shape index (κ1) is 13.1. The first-order chi connectivity index (χ1) is 9.65. The Balaban J connectivity index is 1.87. The average Bonchev–Trinajstić information content (AvgIpc) is 2.81. The van der Waals surface area contributed by atoms with Crippen LogP contribution in [-0.4, -0.2) is 0 Å². The zero-order valence-electron chi connectivity index (χ0n) is 10.3. The molecule has 0 saturated carbocycles. The second-order valence-corrected chi connectivity index (χ2v) is 5.27. The van der Waals surface area contributed by atoms with Gasteiger partial charge in [0.2, 0.25) is 0 Å². The fourth-order valence-electron chi connectivity index (χ4n) is 2.06. The first-order valence-electron chi connectivity index (χ1n) is 5.98. The molecule has 20 heavy (non-hydrogen) atoms. The Morgan fingerprint density at radius 2 is 1.80 bits per heavy atom. The molecule has 0 aliphatic carbocycles. The van der Waals surface area contributed by atoms with E-state index in [4.69, 9.17) is 4.42 Å². The molecule has 0 amide bonds. The van der Waals surface area contributed by atoms with Crippen LogP contribution in [0.4, 0.5) is 14.5 Å². The zero-order chi connectivity index (χ0) is 14.1. The van der Waals surface area contributed by atoms with Crippen LogP contribution in [0.3, 0.4) is 0 Å². The van der Waals surface area contributed by atoms with Crippen molar-refractivity contribution >= 4 is 32.6 Å². The Hall–Kier alpha value is -1.88. The van der Waals surface area contributed by atoms with Gasteiger partial charge >= 0.3 is 0 Å². The van der Waals surface area contributed by atoms with Crippen LogP contribution in [0, 0.1) is 11.6 Å². The summed E-state index contributed by atoms with van der Waals surface area (Å²) in [5, 5.41) is 3.70. The molecule has 0 radical (unpaired) electrons. The van der Waals surface area contributed by atoms with E-state index >= 15 is 0 Å². The normalized spacial score (nSPS) is 10.9. The molecular weight excluding hydrogens is 328 g/mol. The van der Waals surface area contributed by atoms with Gasteiger partial charge in [0.05, 0.1) is 6.26 Å². The van der Waals surface area contributed by atoms with Crippen LogP contribution in [0.15, 0.2) is 51.6 Å². The number of benzene rings is 2. The van der Waals surface area contributed by atoms with Crippen LogP contribution in [0.2, 0.25) is 0 Å². The maximum absolute atomic E-state index is 13.7. The van der Waals surface area contributed by atoms with Gasteiger partial charge in [0.1, 0.15) is 22.9 Å². The quantitative estimate of drug-likeness (QED) is 0.720. The Morgan fingerprint density at radius 1 is 1.10 bits per heavy atom. The van der Waals surface area contributed by atoms with Crippen molar-refractivity contribution in [1.82, 2.24) is 0 Å². The fourth-order valence-corrected chi connectivity index (χ4v) is 2.47. The summed E-state index contributed by atoms with van der Waals surface area (Å²) in [5.41, 5.74) is 1.46. The summed E-state index contributed by atoms with van der Waals surface area (Å²) in [4.78, 5) is 0. The molecule has 0 aliphatic rings. The Bertz CT molecular complexity index is 746. The molecule has 3 rings (SSSR count). The van der Waals surface area contributed by atoms with Gasteiger partial charge in [0, 0.05) is 22.0 Å². The fraction of sp³-hybridized carbons (Fsp3) is 0.0667. The minimum Gasteiger partial charge on any atom is -0.464 e. The average molecular weight is 338 g/mol. The monoisotopic (exact) mass is 337 g/mol. The van der Waals surface area contributed by atoms with Crippen LogP contribution in [-0.2, 0) is 6.54 Å². The number of rotatable bonds is 3. The van der Waals surface area contributed by atoms with E-state index < -0.39 is 11.6 Å². The Morgan fingerprint density at radius 3 is 2.55 bits per heavy atom. The summed E-state index contributed by atoms with van der Waals surface area (Å²) in [6, 6.07) is 9.96. The number of fused-ring (bicyclic) bond motifs is 1. The lowest BCUT2D eigenvalue weighted by Gasteiger charge is -2.08. The molecule has 0 spiro atoms. The standard InChI is InChI=1S/C15H10BrF2NO/c16-10-5-12(17)15(13(18)6-10)19-7-9-8-20-14-4-2-1-3-11(9)14/h1-6,8,19H,7H2. The third kappa shape index (κ3) is 2.41. The van der Waals surface area contributed by atoms with E-state index in [1.165, 1.54) is 12.1 Å². The summed E-state index contributed by atoms with van der Waals surface area (Å²) in [6.07, 6.45) is 1.59. The van der Waals surface area contributed by atoms with Gasteiger partial charge in [-0.3, -0.25) is 0 Å². The van der Waals surface area contributed by atoms with E-state index in [0.717, 1.165) is 16.5 Å². The molecule has 0 aliphatic heterocycles. The molecule has 1 N–H and O–H groups in total. The summed E-state index contributed by atoms with van der Waals surface area (Å²) >= 11 is 3.05. The van der Waals surface area contributed by atoms with Crippen LogP contribution in [0.5, 0.6) is 0 Å². The molecule has 2 aromatic carbocycles. The number of hydrogen-bond donors (Lipinski definition) is 1. The Kier molecular flexibility index (Phi) is 3.44. The highest BCUT2D eigenvalue weighted by Gasteiger charge is 2.11. The SMILES string of the molecule is Fc1cc(Br)cc(F)c1NCc1coc2ccccc12. The minimum absolute atomic E-state index is 0.140. The number of hydrogen-bond acceptors (Lipinski definition) is 2. The van der Waals surface area contributed by atoms with Gasteiger partial charge in [0.25, 0.3) is 0 Å². The number of furan rings is 1. The molecule has 0 atom stereocenters. The first-order valence-corrected chi connectivity index (χ1v) is 6.78. The highest BCUT2D eigenvalue weighted by Crippen LogP contribution is 2.26. The number of nitrogens with one attached hydrogen (secondary N) is 1. The second-order valence-electron chi connectivity index (χ2n) is 4.36. The molecule has 1 aromatic heterocycles. The van der Waals surface area contributed by atoms with Crippen molar-refractivity contribution in [2.45, 2.75) is 6.54 Å². The maximum atomic E-state index is 13.7. The van der Waals surface area contributed by atoms with Crippen molar-refractivity contribution in [3.8, 4) is 0 Å². The molecule has 2 nitrogen and oxygen atoms in total. The lowest BCUT2D eigenvalue weighted by atomic mass is 10.2. The van der Waals surface area contributed by atoms with Gasteiger partial charge < -0.3 is 9.73 Å². The number of anilines is 1. The molecular formula is C15H10BrF2NO. The third-order valence-electron chi connectivity index (χ3n) is 3.02. The van der Waals surface area contributed by atoms with E-state index in [-0.39, 0.29) is 12.2 Å². The van der Waals surface area contributed by atoms with E-state index in [9.17, 15) is 8.78 Å². The van der Waals surface area contributed by atoms with Crippen molar-refractivity contribution in [2.75, 3.05) is 5.32 Å². The molecule has 3 aromatic rings. The summed E-state index contributed by atoms with van der Waals surface area (Å²) in [5.74, 6) is -1.27. The van der Waals surface area contributed by atoms with Crippen molar-refractivity contribution in [2.24, 2.45) is 0 Å². The van der Waals surface area contributed by atoms with Crippen LogP contribution in [0.25, 0.3) is 11.0 Å². The van der Waals surface area contributed by atoms with Crippen molar-refractivity contribution < 1.29 is 13.2 Å². The summed E-state index contributed by atoms with van der Waals surface area (Å²) < 4.78 is 33.1. The molecule has 0 unspecified atom stereocenters. The number of para-hydroxylation sites is 1. The van der Waals surface area contributed by atoms with Gasteiger partial charge in [-0.2, -0.15) is 0 Å². The van der Waals surface area contributed by atoms with Crippen molar-refractivity contribution in [3.05, 3.63) is 64.3 Å². The lowest BCUT2D eigenvalue weighted by Crippen LogP contribution is -2.03. The summed E-state index contributed by atoms with van der Waals surface area (Å²) in [6.45, 7) is 0.284. The predicted molar refractivity (Wildman–Crippen MR) is 77.6 cm³/mol. The van der Waals surface area contributed by atoms with Gasteiger partial charge in [-0.15, -0.1) is 0 Å². The van der Waals surface area contributed by atoms with Gasteiger partial charge in [-0.1, -0.05) is 34.1 Å². The Labute approximate surface area is 122 Å². The van der Waals surface area contributed by atoms with E-state index in [0.29, 0.717) is 4.47 Å². The van der Waals surface area contributed by atoms with Crippen LogP contribution >= 0.6 is 15.9 Å². The second kappa shape index (κ2) is 5.25. The zero-order valence-corrected chi connectivity index (χ0v) is 11.9. The van der Waals surface area contributed by atoms with E-state index in [1.807, 2.05) is 24.3 Å². The van der Waals surface area contributed by atoms with E-state index in [1.54, 1.807) is 6.26 Å². The molecule has 0 saturated heterocycles. The highest BCUT2D eigenvalue weighted by molar-refractivity contribution is 9.10. The smallest absolute Gasteiger partial charge is 0.150 e. The van der Waals surface area contributed by atoms with Gasteiger partial charge in [-0.05, 0) is 18.2 Å². The lowest BCUT2D eigenvalue weighted by molar-refractivity contribution is 0.585. The third-order valence-corrected chi connectivity index (χ3v) is 3.48. The highest BCUT2D eigenvalue weighted by atomic mass is 79.9. The molecule has 1 heterocycles. The topological polar surface area (TPSA) is 25.2 Å². The van der Waals surface area contributed by atoms with Gasteiger partial charge in [-0.25, -0.2) is 8.78 Å². The van der Waals surface area contributed by atoms with Gasteiger partial charge in [0.15, 0.2) is 0 Å². The summed E-state index contributed by atoms with van der Waals surface area (Å²) in [7, 11) is 0. The largest absolute Gasteiger partial charge is 0.464 e. The van der Waals surface area contributed by atoms with E-state index in [2.05, 4.69) is 21.2 Å². The number of halogens is 3. The maximum Gasteiger partial charge on any atom is 0.150 e. The predicted octanol–water partition coefficient (Wildman–Crippen LogP) is 5.09. The molecule has 0 bridgehead atoms. The minimum atomic E-state index is -0.635. The van der Waals surface area contributed by atoms with Crippen molar-refractivity contribution in [1.29, 1.82) is 0 Å². The van der Waals surface area contributed by atoms with Crippen molar-refractivity contribution in [3.63, 3.8) is 0 Å². The molecule has 102 valence electrons. The molecule has 5 heteroatoms.